The maximum absolute atomic E-state index is 5.82. The molecule has 2 atom stereocenters. The Morgan fingerprint density at radius 2 is 2.07 bits per heavy atom. The lowest BCUT2D eigenvalue weighted by molar-refractivity contribution is 0.601. The number of nitrogens with zero attached hydrogens (tertiary/aromatic N) is 1. The molecule has 0 aliphatic heterocycles. The zero-order chi connectivity index (χ0) is 9.71. The first-order chi connectivity index (χ1) is 6.79. The fraction of sp³-hybridized carbons (Fsp3) is 0.727. The van der Waals surface area contributed by atoms with Crippen LogP contribution in [0.15, 0.2) is 0 Å². The van der Waals surface area contributed by atoms with Crippen molar-refractivity contribution in [3.8, 4) is 0 Å². The second kappa shape index (κ2) is 2.75. The number of nitrogens with one attached hydrogen (secondary N) is 1. The number of aromatic nitrogens is 2. The van der Waals surface area contributed by atoms with Gasteiger partial charge in [-0.15, -0.1) is 0 Å². The average Bonchev–Trinajstić information content (AvgIpc) is 2.63. The molecule has 0 amide bonds. The van der Waals surface area contributed by atoms with Gasteiger partial charge in [0.05, 0.1) is 0 Å². The first-order valence-corrected chi connectivity index (χ1v) is 5.62. The molecule has 2 fully saturated rings. The molecule has 0 spiro atoms. The summed E-state index contributed by atoms with van der Waals surface area (Å²) in [5, 5.41) is 7.26. The van der Waals surface area contributed by atoms with Crippen molar-refractivity contribution in [2.45, 2.75) is 38.5 Å². The van der Waals surface area contributed by atoms with E-state index >= 15 is 0 Å². The number of anilines is 1. The van der Waals surface area contributed by atoms with E-state index in [1.165, 1.54) is 30.5 Å². The van der Waals surface area contributed by atoms with E-state index in [1.54, 1.807) is 0 Å². The molecule has 2 aliphatic carbocycles. The normalized spacial score (nSPS) is 34.5. The minimum absolute atomic E-state index is 0.711. The van der Waals surface area contributed by atoms with Crippen molar-refractivity contribution >= 4 is 5.82 Å². The van der Waals surface area contributed by atoms with Crippen molar-refractivity contribution < 1.29 is 0 Å². The maximum Gasteiger partial charge on any atom is 0.148 e. The number of H-pyrrole nitrogens is 1. The molecular formula is C11H17N3. The van der Waals surface area contributed by atoms with E-state index < -0.39 is 0 Å². The zero-order valence-electron chi connectivity index (χ0n) is 8.59. The largest absolute Gasteiger partial charge is 0.382 e. The number of aromatic amines is 1. The number of nitrogen functional groups attached to an aromatic ring is 1. The van der Waals surface area contributed by atoms with E-state index in [1.807, 2.05) is 0 Å². The van der Waals surface area contributed by atoms with Crippen molar-refractivity contribution in [2.75, 3.05) is 5.73 Å². The molecule has 0 bridgehead atoms. The van der Waals surface area contributed by atoms with Gasteiger partial charge in [-0.3, -0.25) is 5.10 Å². The van der Waals surface area contributed by atoms with Gasteiger partial charge in [0.1, 0.15) is 5.82 Å². The fourth-order valence-corrected chi connectivity index (χ4v) is 3.05. The summed E-state index contributed by atoms with van der Waals surface area (Å²) >= 11 is 0. The van der Waals surface area contributed by atoms with Crippen LogP contribution in [0, 0.1) is 11.8 Å². The van der Waals surface area contributed by atoms with Crippen molar-refractivity contribution in [3.05, 3.63) is 11.3 Å². The molecule has 1 aromatic heterocycles. The Balaban J connectivity index is 1.88. The minimum Gasteiger partial charge on any atom is -0.382 e. The molecule has 3 rings (SSSR count). The molecule has 0 saturated heterocycles. The van der Waals surface area contributed by atoms with Crippen LogP contribution in [0.5, 0.6) is 0 Å². The maximum atomic E-state index is 5.82. The van der Waals surface area contributed by atoms with Crippen molar-refractivity contribution in [1.82, 2.24) is 10.2 Å². The molecule has 3 N–H and O–H groups in total. The summed E-state index contributed by atoms with van der Waals surface area (Å²) in [6.45, 7) is 2.15. The number of fused-ring (bicyclic) bond motifs is 1. The van der Waals surface area contributed by atoms with E-state index in [2.05, 4.69) is 17.1 Å². The first kappa shape index (κ1) is 8.33. The Kier molecular flexibility index (Phi) is 1.64. The fourth-order valence-electron chi connectivity index (χ4n) is 3.05. The highest BCUT2D eigenvalue weighted by atomic mass is 15.2. The predicted octanol–water partition coefficient (Wildman–Crippen LogP) is 2.07. The standard InChI is InChI=1S/C11H17N3/c1-2-9-10(13-14-11(9)12)8-4-6-3-7(6)5-8/h6-8H,2-5H2,1H3,(H3,12,13,14). The molecule has 2 saturated carbocycles. The summed E-state index contributed by atoms with van der Waals surface area (Å²) in [5.41, 5.74) is 8.41. The Hall–Kier alpha value is -0.990. The smallest absolute Gasteiger partial charge is 0.148 e. The molecule has 76 valence electrons. The lowest BCUT2D eigenvalue weighted by Gasteiger charge is -2.11. The summed E-state index contributed by atoms with van der Waals surface area (Å²) < 4.78 is 0. The van der Waals surface area contributed by atoms with Crippen LogP contribution in [0.25, 0.3) is 0 Å². The molecule has 1 aromatic rings. The monoisotopic (exact) mass is 191 g/mol. The van der Waals surface area contributed by atoms with Crippen molar-refractivity contribution in [3.63, 3.8) is 0 Å². The van der Waals surface area contributed by atoms with Gasteiger partial charge in [-0.2, -0.15) is 5.10 Å². The van der Waals surface area contributed by atoms with Crippen LogP contribution in [-0.4, -0.2) is 10.2 Å². The van der Waals surface area contributed by atoms with E-state index in [0.717, 1.165) is 24.2 Å². The van der Waals surface area contributed by atoms with Gasteiger partial charge in [-0.25, -0.2) is 0 Å². The van der Waals surface area contributed by atoms with Gasteiger partial charge >= 0.3 is 0 Å². The van der Waals surface area contributed by atoms with Gasteiger partial charge in [-0.05, 0) is 37.5 Å². The first-order valence-electron chi connectivity index (χ1n) is 5.62. The SMILES string of the molecule is CCc1c(N)n[nH]c1C1CC2CC2C1. The van der Waals surface area contributed by atoms with Crippen LogP contribution in [0.2, 0.25) is 0 Å². The third-order valence-corrected chi connectivity index (χ3v) is 3.94. The Labute approximate surface area is 84.1 Å². The second-order valence-corrected chi connectivity index (χ2v) is 4.78. The number of rotatable bonds is 2. The third kappa shape index (κ3) is 1.08. The van der Waals surface area contributed by atoms with Crippen LogP contribution < -0.4 is 5.73 Å². The van der Waals surface area contributed by atoms with Crippen molar-refractivity contribution in [1.29, 1.82) is 0 Å². The van der Waals surface area contributed by atoms with Crippen LogP contribution in [0.3, 0.4) is 0 Å². The molecule has 1 heterocycles. The lowest BCUT2D eigenvalue weighted by Crippen LogP contribution is -2.00. The van der Waals surface area contributed by atoms with Crippen LogP contribution in [0.1, 0.15) is 43.4 Å². The van der Waals surface area contributed by atoms with E-state index in [9.17, 15) is 0 Å². The summed E-state index contributed by atoms with van der Waals surface area (Å²) in [6, 6.07) is 0. The molecular weight excluding hydrogens is 174 g/mol. The van der Waals surface area contributed by atoms with E-state index in [4.69, 9.17) is 5.73 Å². The Morgan fingerprint density at radius 3 is 2.71 bits per heavy atom. The highest BCUT2D eigenvalue weighted by Gasteiger charge is 2.47. The quantitative estimate of drug-likeness (QED) is 0.751. The molecule has 2 aliphatic rings. The van der Waals surface area contributed by atoms with Gasteiger partial charge in [0.15, 0.2) is 0 Å². The second-order valence-electron chi connectivity index (χ2n) is 4.78. The average molecular weight is 191 g/mol. The van der Waals surface area contributed by atoms with E-state index in [0.29, 0.717) is 5.82 Å². The molecule has 14 heavy (non-hydrogen) atoms. The van der Waals surface area contributed by atoms with Crippen LogP contribution >= 0.6 is 0 Å². The predicted molar refractivity (Wildman–Crippen MR) is 56.0 cm³/mol. The zero-order valence-corrected chi connectivity index (χ0v) is 8.59. The minimum atomic E-state index is 0.711. The van der Waals surface area contributed by atoms with Gasteiger partial charge in [0, 0.05) is 17.2 Å². The molecule has 3 nitrogen and oxygen atoms in total. The van der Waals surface area contributed by atoms with Gasteiger partial charge in [-0.1, -0.05) is 6.92 Å². The number of hydrogen-bond acceptors (Lipinski definition) is 2. The summed E-state index contributed by atoms with van der Waals surface area (Å²) in [5.74, 6) is 3.48. The van der Waals surface area contributed by atoms with E-state index in [-0.39, 0.29) is 0 Å². The number of nitrogens with two attached hydrogens (primary N) is 1. The number of hydrogen-bond donors (Lipinski definition) is 2. The topological polar surface area (TPSA) is 54.7 Å². The van der Waals surface area contributed by atoms with Crippen LogP contribution in [0.4, 0.5) is 5.82 Å². The van der Waals surface area contributed by atoms with Gasteiger partial charge in [0.2, 0.25) is 0 Å². The summed E-state index contributed by atoms with van der Waals surface area (Å²) in [4.78, 5) is 0. The highest BCUT2D eigenvalue weighted by Crippen LogP contribution is 2.57. The molecule has 0 aromatic carbocycles. The highest BCUT2D eigenvalue weighted by molar-refractivity contribution is 5.43. The Bertz CT molecular complexity index is 345. The van der Waals surface area contributed by atoms with Crippen LogP contribution in [-0.2, 0) is 6.42 Å². The molecule has 2 unspecified atom stereocenters. The van der Waals surface area contributed by atoms with Gasteiger partial charge < -0.3 is 5.73 Å². The van der Waals surface area contributed by atoms with Crippen molar-refractivity contribution in [2.24, 2.45) is 11.8 Å². The van der Waals surface area contributed by atoms with Gasteiger partial charge in [0.25, 0.3) is 0 Å². The molecule has 0 radical (unpaired) electrons. The Morgan fingerprint density at radius 1 is 1.36 bits per heavy atom. The summed E-state index contributed by atoms with van der Waals surface area (Å²) in [6.07, 6.45) is 5.20. The lowest BCUT2D eigenvalue weighted by atomic mass is 9.95. The summed E-state index contributed by atoms with van der Waals surface area (Å²) in [7, 11) is 0. The third-order valence-electron chi connectivity index (χ3n) is 3.94. The molecule has 3 heteroatoms.